The molecular formula is C19H27N3O3. The van der Waals surface area contributed by atoms with Crippen molar-refractivity contribution in [1.29, 1.82) is 0 Å². The van der Waals surface area contributed by atoms with Gasteiger partial charge in [0, 0.05) is 19.5 Å². The van der Waals surface area contributed by atoms with Crippen LogP contribution in [-0.4, -0.2) is 34.8 Å². The number of oxazole rings is 1. The number of nitrogens with zero attached hydrogens (tertiary/aromatic N) is 2. The zero-order chi connectivity index (χ0) is 18.1. The molecule has 1 saturated carbocycles. The van der Waals surface area contributed by atoms with Gasteiger partial charge >= 0.3 is 0 Å². The molecule has 0 saturated heterocycles. The molecule has 1 aliphatic rings. The van der Waals surface area contributed by atoms with Crippen molar-refractivity contribution >= 4 is 11.8 Å². The number of aromatic nitrogens is 1. The highest BCUT2D eigenvalue weighted by Gasteiger charge is 2.20. The van der Waals surface area contributed by atoms with Crippen molar-refractivity contribution in [3.05, 3.63) is 43.2 Å². The van der Waals surface area contributed by atoms with E-state index in [0.29, 0.717) is 31.3 Å². The molecule has 0 aliphatic heterocycles. The first-order valence-corrected chi connectivity index (χ1v) is 8.86. The van der Waals surface area contributed by atoms with Crippen LogP contribution in [0.25, 0.3) is 0 Å². The Balaban J connectivity index is 1.90. The van der Waals surface area contributed by atoms with E-state index in [9.17, 15) is 9.59 Å². The molecule has 136 valence electrons. The Morgan fingerprint density at radius 3 is 2.76 bits per heavy atom. The largest absolute Gasteiger partial charge is 0.446 e. The van der Waals surface area contributed by atoms with Crippen LogP contribution in [0.15, 0.2) is 36.0 Å². The summed E-state index contributed by atoms with van der Waals surface area (Å²) in [6.45, 7) is 8.29. The fraction of sp³-hybridized carbons (Fsp3) is 0.526. The molecule has 2 rings (SSSR count). The lowest BCUT2D eigenvalue weighted by molar-refractivity contribution is -0.131. The van der Waals surface area contributed by atoms with Crippen LogP contribution >= 0.6 is 0 Å². The summed E-state index contributed by atoms with van der Waals surface area (Å²) < 4.78 is 5.34. The van der Waals surface area contributed by atoms with Crippen LogP contribution in [0.4, 0.5) is 0 Å². The molecule has 0 unspecified atom stereocenters. The van der Waals surface area contributed by atoms with Gasteiger partial charge in [0.2, 0.25) is 11.8 Å². The monoisotopic (exact) mass is 345 g/mol. The fourth-order valence-corrected chi connectivity index (χ4v) is 3.10. The van der Waals surface area contributed by atoms with Crippen molar-refractivity contribution in [3.8, 4) is 0 Å². The third kappa shape index (κ3) is 5.89. The summed E-state index contributed by atoms with van der Waals surface area (Å²) in [5.74, 6) is 0.775. The average Bonchev–Trinajstić information content (AvgIpc) is 3.29. The number of carbonyl (C=O) groups excluding carboxylic acids is 2. The van der Waals surface area contributed by atoms with E-state index >= 15 is 0 Å². The third-order valence-electron chi connectivity index (χ3n) is 4.46. The molecule has 6 heteroatoms. The first kappa shape index (κ1) is 19.0. The van der Waals surface area contributed by atoms with Gasteiger partial charge in [0.1, 0.15) is 6.26 Å². The minimum absolute atomic E-state index is 0.0719. The molecular weight excluding hydrogens is 318 g/mol. The van der Waals surface area contributed by atoms with Gasteiger partial charge in [-0.05, 0) is 12.3 Å². The van der Waals surface area contributed by atoms with E-state index in [1.54, 1.807) is 17.1 Å². The number of nitrogens with one attached hydrogen (secondary N) is 1. The number of amides is 2. The lowest BCUT2D eigenvalue weighted by atomic mass is 10.0. The molecule has 0 atom stereocenters. The molecule has 0 bridgehead atoms. The van der Waals surface area contributed by atoms with Gasteiger partial charge in [-0.1, -0.05) is 37.8 Å². The zero-order valence-electron chi connectivity index (χ0n) is 14.7. The van der Waals surface area contributed by atoms with Crippen molar-refractivity contribution in [2.45, 2.75) is 45.1 Å². The molecule has 25 heavy (non-hydrogen) atoms. The third-order valence-corrected chi connectivity index (χ3v) is 4.46. The van der Waals surface area contributed by atoms with Crippen molar-refractivity contribution in [3.63, 3.8) is 0 Å². The van der Waals surface area contributed by atoms with Crippen molar-refractivity contribution in [2.24, 2.45) is 5.92 Å². The minimum Gasteiger partial charge on any atom is -0.446 e. The second kappa shape index (κ2) is 9.81. The average molecular weight is 345 g/mol. The summed E-state index contributed by atoms with van der Waals surface area (Å²) in [6.07, 6.45) is 11.1. The van der Waals surface area contributed by atoms with Crippen molar-refractivity contribution in [2.75, 3.05) is 13.1 Å². The SMILES string of the molecule is C=CCNC(=O)c1coc(CN(CC=C)C(=O)CCC2CCCC2)n1. The summed E-state index contributed by atoms with van der Waals surface area (Å²) in [5.41, 5.74) is 0.203. The van der Waals surface area contributed by atoms with Gasteiger partial charge in [-0.3, -0.25) is 9.59 Å². The smallest absolute Gasteiger partial charge is 0.273 e. The van der Waals surface area contributed by atoms with E-state index in [1.165, 1.54) is 31.9 Å². The summed E-state index contributed by atoms with van der Waals surface area (Å²) in [7, 11) is 0. The fourth-order valence-electron chi connectivity index (χ4n) is 3.10. The molecule has 0 spiro atoms. The Labute approximate surface area is 149 Å². The summed E-state index contributed by atoms with van der Waals surface area (Å²) in [4.78, 5) is 30.2. The van der Waals surface area contributed by atoms with E-state index in [0.717, 1.165) is 6.42 Å². The highest BCUT2D eigenvalue weighted by Crippen LogP contribution is 2.28. The van der Waals surface area contributed by atoms with Gasteiger partial charge in [-0.15, -0.1) is 13.2 Å². The highest BCUT2D eigenvalue weighted by molar-refractivity contribution is 5.91. The number of carbonyl (C=O) groups is 2. The van der Waals surface area contributed by atoms with E-state index in [4.69, 9.17) is 4.42 Å². The Morgan fingerprint density at radius 1 is 1.32 bits per heavy atom. The molecule has 1 aromatic heterocycles. The van der Waals surface area contributed by atoms with Gasteiger partial charge in [-0.25, -0.2) is 4.98 Å². The van der Waals surface area contributed by atoms with Gasteiger partial charge < -0.3 is 14.6 Å². The van der Waals surface area contributed by atoms with Crippen LogP contribution in [-0.2, 0) is 11.3 Å². The normalized spacial score (nSPS) is 14.2. The summed E-state index contributed by atoms with van der Waals surface area (Å²) in [5, 5.41) is 2.64. The van der Waals surface area contributed by atoms with Crippen LogP contribution in [0, 0.1) is 5.92 Å². The van der Waals surface area contributed by atoms with Gasteiger partial charge in [-0.2, -0.15) is 0 Å². The maximum absolute atomic E-state index is 12.5. The van der Waals surface area contributed by atoms with Crippen molar-refractivity contribution in [1.82, 2.24) is 15.2 Å². The molecule has 1 aromatic rings. The van der Waals surface area contributed by atoms with Crippen LogP contribution in [0.1, 0.15) is 54.9 Å². The lowest BCUT2D eigenvalue weighted by Gasteiger charge is -2.20. The molecule has 2 amide bonds. The molecule has 0 aromatic carbocycles. The second-order valence-electron chi connectivity index (χ2n) is 6.38. The van der Waals surface area contributed by atoms with Crippen molar-refractivity contribution < 1.29 is 14.0 Å². The van der Waals surface area contributed by atoms with Gasteiger partial charge in [0.15, 0.2) is 5.69 Å². The molecule has 1 aliphatic carbocycles. The molecule has 0 radical (unpaired) electrons. The second-order valence-corrected chi connectivity index (χ2v) is 6.38. The molecule has 1 N–H and O–H groups in total. The minimum atomic E-state index is -0.322. The molecule has 6 nitrogen and oxygen atoms in total. The van der Waals surface area contributed by atoms with E-state index < -0.39 is 0 Å². The van der Waals surface area contributed by atoms with Gasteiger partial charge in [0.25, 0.3) is 5.91 Å². The molecule has 1 fully saturated rings. The predicted molar refractivity (Wildman–Crippen MR) is 95.8 cm³/mol. The Morgan fingerprint density at radius 2 is 2.08 bits per heavy atom. The first-order chi connectivity index (χ1) is 12.1. The van der Waals surface area contributed by atoms with Crippen LogP contribution in [0.2, 0.25) is 0 Å². The zero-order valence-corrected chi connectivity index (χ0v) is 14.7. The van der Waals surface area contributed by atoms with Crippen LogP contribution in [0.3, 0.4) is 0 Å². The first-order valence-electron chi connectivity index (χ1n) is 8.86. The van der Waals surface area contributed by atoms with E-state index in [2.05, 4.69) is 23.5 Å². The van der Waals surface area contributed by atoms with E-state index in [-0.39, 0.29) is 24.1 Å². The Hall–Kier alpha value is -2.37. The maximum Gasteiger partial charge on any atom is 0.273 e. The Kier molecular flexibility index (Phi) is 7.44. The summed E-state index contributed by atoms with van der Waals surface area (Å²) in [6, 6.07) is 0. The maximum atomic E-state index is 12.5. The van der Waals surface area contributed by atoms with Crippen LogP contribution < -0.4 is 5.32 Å². The van der Waals surface area contributed by atoms with Crippen LogP contribution in [0.5, 0.6) is 0 Å². The molecule has 1 heterocycles. The predicted octanol–water partition coefficient (Wildman–Crippen LogP) is 3.08. The number of hydrogen-bond acceptors (Lipinski definition) is 4. The summed E-state index contributed by atoms with van der Waals surface area (Å²) >= 11 is 0. The van der Waals surface area contributed by atoms with Gasteiger partial charge in [0.05, 0.1) is 6.54 Å². The van der Waals surface area contributed by atoms with E-state index in [1.807, 2.05) is 0 Å². The standard InChI is InChI=1S/C19H27N3O3/c1-3-11-20-19(24)16-14-25-17(21-16)13-22(12-4-2)18(23)10-9-15-7-5-6-8-15/h3-4,14-15H,1-2,5-13H2,(H,20,24). The highest BCUT2D eigenvalue weighted by atomic mass is 16.3. The number of hydrogen-bond donors (Lipinski definition) is 1. The quantitative estimate of drug-likeness (QED) is 0.661. The topological polar surface area (TPSA) is 75.4 Å². The Bertz CT molecular complexity index is 603. The lowest BCUT2D eigenvalue weighted by Crippen LogP contribution is -2.31. The number of rotatable bonds is 10.